The molecule has 0 bridgehead atoms. The number of imidazole rings is 1. The van der Waals surface area contributed by atoms with Gasteiger partial charge in [-0.25, -0.2) is 4.98 Å². The molecular formula is C20H21N5O. The van der Waals surface area contributed by atoms with E-state index in [9.17, 15) is 4.79 Å². The van der Waals surface area contributed by atoms with Crippen molar-refractivity contribution in [3.63, 3.8) is 0 Å². The summed E-state index contributed by atoms with van der Waals surface area (Å²) >= 11 is 0. The highest BCUT2D eigenvalue weighted by Crippen LogP contribution is 2.26. The molecule has 1 aromatic carbocycles. The molecule has 132 valence electrons. The summed E-state index contributed by atoms with van der Waals surface area (Å²) in [5.74, 6) is 0.215. The van der Waals surface area contributed by atoms with E-state index in [-0.39, 0.29) is 11.9 Å². The van der Waals surface area contributed by atoms with Gasteiger partial charge in [0, 0.05) is 44.3 Å². The van der Waals surface area contributed by atoms with Crippen LogP contribution in [0.2, 0.25) is 0 Å². The smallest absolute Gasteiger partial charge is 0.247 e. The number of hydrogen-bond acceptors (Lipinski definition) is 4. The lowest BCUT2D eigenvalue weighted by molar-refractivity contribution is -0.139. The van der Waals surface area contributed by atoms with Crippen molar-refractivity contribution < 1.29 is 4.79 Å². The Bertz CT molecular complexity index is 961. The highest BCUT2D eigenvalue weighted by Gasteiger charge is 2.34. The van der Waals surface area contributed by atoms with Crippen molar-refractivity contribution in [1.29, 1.82) is 0 Å². The Morgan fingerprint density at radius 1 is 1.15 bits per heavy atom. The van der Waals surface area contributed by atoms with Gasteiger partial charge in [0.05, 0.1) is 23.2 Å². The van der Waals surface area contributed by atoms with Crippen molar-refractivity contribution in [2.75, 3.05) is 19.6 Å². The highest BCUT2D eigenvalue weighted by atomic mass is 16.2. The second-order valence-electron chi connectivity index (χ2n) is 7.15. The van der Waals surface area contributed by atoms with Crippen LogP contribution >= 0.6 is 0 Å². The lowest BCUT2D eigenvalue weighted by atomic mass is 10.1. The summed E-state index contributed by atoms with van der Waals surface area (Å²) in [6, 6.07) is 12.2. The van der Waals surface area contributed by atoms with Gasteiger partial charge in [-0.1, -0.05) is 24.3 Å². The molecule has 0 unspecified atom stereocenters. The third-order valence-electron chi connectivity index (χ3n) is 5.39. The third-order valence-corrected chi connectivity index (χ3v) is 5.39. The maximum atomic E-state index is 12.8. The largest absolute Gasteiger partial charge is 0.341 e. The van der Waals surface area contributed by atoms with Crippen molar-refractivity contribution >= 4 is 16.8 Å². The van der Waals surface area contributed by atoms with Gasteiger partial charge in [-0.3, -0.25) is 14.7 Å². The van der Waals surface area contributed by atoms with Crippen molar-refractivity contribution in [2.24, 2.45) is 0 Å². The van der Waals surface area contributed by atoms with Gasteiger partial charge in [0.15, 0.2) is 0 Å². The number of aromatic nitrogens is 3. The minimum Gasteiger partial charge on any atom is -0.341 e. The van der Waals surface area contributed by atoms with Crippen LogP contribution in [0.5, 0.6) is 0 Å². The van der Waals surface area contributed by atoms with Crippen LogP contribution in [0.3, 0.4) is 0 Å². The summed E-state index contributed by atoms with van der Waals surface area (Å²) in [6.45, 7) is 3.99. The minimum absolute atomic E-state index is 0.179. The maximum Gasteiger partial charge on any atom is 0.247 e. The van der Waals surface area contributed by atoms with Gasteiger partial charge in [0.1, 0.15) is 6.04 Å². The number of pyridine rings is 1. The second kappa shape index (κ2) is 6.21. The zero-order valence-electron chi connectivity index (χ0n) is 14.6. The number of carbonyl (C=O) groups excluding carboxylic acids is 1. The number of hydrogen-bond donors (Lipinski definition) is 0. The fourth-order valence-electron chi connectivity index (χ4n) is 3.85. The maximum absolute atomic E-state index is 12.8. The van der Waals surface area contributed by atoms with Gasteiger partial charge in [-0.2, -0.15) is 0 Å². The first kappa shape index (κ1) is 15.5. The summed E-state index contributed by atoms with van der Waals surface area (Å²) in [4.78, 5) is 26.2. The fraction of sp³-hybridized carbons (Fsp3) is 0.350. The highest BCUT2D eigenvalue weighted by molar-refractivity contribution is 5.81. The first-order chi connectivity index (χ1) is 12.8. The molecular weight excluding hydrogens is 326 g/mol. The van der Waals surface area contributed by atoms with Gasteiger partial charge >= 0.3 is 0 Å². The van der Waals surface area contributed by atoms with Gasteiger partial charge in [0.2, 0.25) is 5.91 Å². The lowest BCUT2D eigenvalue weighted by Gasteiger charge is -2.39. The monoisotopic (exact) mass is 347 g/mol. The molecule has 6 heteroatoms. The number of benzene rings is 1. The minimum atomic E-state index is -0.179. The molecule has 2 aliphatic rings. The molecule has 6 nitrogen and oxygen atoms in total. The van der Waals surface area contributed by atoms with Crippen LogP contribution in [0.1, 0.15) is 23.9 Å². The summed E-state index contributed by atoms with van der Waals surface area (Å²) in [6.07, 6.45) is 4.78. The Morgan fingerprint density at radius 3 is 2.88 bits per heavy atom. The fourth-order valence-corrected chi connectivity index (χ4v) is 3.85. The number of nitrogens with zero attached hydrogens (tertiary/aromatic N) is 5. The molecule has 1 amide bonds. The van der Waals surface area contributed by atoms with E-state index in [1.807, 2.05) is 33.9 Å². The Balaban J connectivity index is 1.39. The molecule has 1 fully saturated rings. The van der Waals surface area contributed by atoms with Gasteiger partial charge < -0.3 is 9.47 Å². The Morgan fingerprint density at radius 2 is 2.04 bits per heavy atom. The van der Waals surface area contributed by atoms with Crippen LogP contribution in [-0.4, -0.2) is 49.9 Å². The van der Waals surface area contributed by atoms with E-state index in [0.29, 0.717) is 6.54 Å². The molecule has 26 heavy (non-hydrogen) atoms. The zero-order valence-corrected chi connectivity index (χ0v) is 14.6. The number of rotatable bonds is 3. The van der Waals surface area contributed by atoms with E-state index in [0.717, 1.165) is 54.9 Å². The van der Waals surface area contributed by atoms with E-state index in [1.54, 1.807) is 6.33 Å². The SMILES string of the molecule is O=C([C@@H]1CN(Cc2ccc3ccccc3n2)Cc2cncn21)N1CCC1. The van der Waals surface area contributed by atoms with E-state index in [1.165, 1.54) is 0 Å². The van der Waals surface area contributed by atoms with Crippen LogP contribution < -0.4 is 0 Å². The summed E-state index contributed by atoms with van der Waals surface area (Å²) < 4.78 is 2.05. The standard InChI is InChI=1S/C20H21N5O/c26-20(24-8-3-9-24)19-13-23(12-17-10-21-14-25(17)19)11-16-7-6-15-4-1-2-5-18(15)22-16/h1-2,4-7,10,14,19H,3,8-9,11-13H2/t19-/m0/s1. The van der Waals surface area contributed by atoms with Gasteiger partial charge in [0.25, 0.3) is 0 Å². The zero-order chi connectivity index (χ0) is 17.5. The average molecular weight is 347 g/mol. The molecule has 1 saturated heterocycles. The predicted molar refractivity (Wildman–Crippen MR) is 98.3 cm³/mol. The molecule has 1 atom stereocenters. The van der Waals surface area contributed by atoms with Crippen molar-refractivity contribution in [2.45, 2.75) is 25.6 Å². The lowest BCUT2D eigenvalue weighted by Crippen LogP contribution is -2.50. The molecule has 2 aromatic heterocycles. The third kappa shape index (κ3) is 2.66. The summed E-state index contributed by atoms with van der Waals surface area (Å²) in [7, 11) is 0. The van der Waals surface area contributed by atoms with E-state index in [2.05, 4.69) is 28.1 Å². The van der Waals surface area contributed by atoms with Crippen LogP contribution in [0.4, 0.5) is 0 Å². The molecule has 0 aliphatic carbocycles. The first-order valence-corrected chi connectivity index (χ1v) is 9.14. The molecule has 3 aromatic rings. The quantitative estimate of drug-likeness (QED) is 0.729. The number of carbonyl (C=O) groups is 1. The first-order valence-electron chi connectivity index (χ1n) is 9.14. The van der Waals surface area contributed by atoms with Crippen molar-refractivity contribution in [1.82, 2.24) is 24.3 Å². The van der Waals surface area contributed by atoms with Crippen LogP contribution in [-0.2, 0) is 17.9 Å². The predicted octanol–water partition coefficient (Wildman–Crippen LogP) is 2.22. The van der Waals surface area contributed by atoms with E-state index in [4.69, 9.17) is 4.98 Å². The van der Waals surface area contributed by atoms with Crippen molar-refractivity contribution in [3.8, 4) is 0 Å². The van der Waals surface area contributed by atoms with Crippen molar-refractivity contribution in [3.05, 3.63) is 60.3 Å². The summed E-state index contributed by atoms with van der Waals surface area (Å²) in [5.41, 5.74) is 3.14. The van der Waals surface area contributed by atoms with Gasteiger partial charge in [-0.15, -0.1) is 0 Å². The number of fused-ring (bicyclic) bond motifs is 2. The molecule has 4 heterocycles. The van der Waals surface area contributed by atoms with Crippen LogP contribution in [0, 0.1) is 0 Å². The van der Waals surface area contributed by atoms with Crippen LogP contribution in [0.25, 0.3) is 10.9 Å². The molecule has 0 spiro atoms. The molecule has 0 saturated carbocycles. The van der Waals surface area contributed by atoms with Crippen LogP contribution in [0.15, 0.2) is 48.9 Å². The molecule has 0 N–H and O–H groups in total. The Hall–Kier alpha value is -2.73. The van der Waals surface area contributed by atoms with E-state index < -0.39 is 0 Å². The molecule has 5 rings (SSSR count). The van der Waals surface area contributed by atoms with E-state index >= 15 is 0 Å². The number of para-hydroxylation sites is 1. The van der Waals surface area contributed by atoms with Gasteiger partial charge in [-0.05, 0) is 18.6 Å². The summed E-state index contributed by atoms with van der Waals surface area (Å²) in [5, 5.41) is 1.15. The molecule has 2 aliphatic heterocycles. The number of likely N-dealkylation sites (tertiary alicyclic amines) is 1. The Labute approximate surface area is 152 Å². The second-order valence-corrected chi connectivity index (χ2v) is 7.15. The average Bonchev–Trinajstić information content (AvgIpc) is 3.08. The topological polar surface area (TPSA) is 54.3 Å². The normalized spacial score (nSPS) is 20.0. The Kier molecular flexibility index (Phi) is 3.71. The number of amides is 1. The molecule has 0 radical (unpaired) electrons.